The first-order valence-corrected chi connectivity index (χ1v) is 12.8. The smallest absolute Gasteiger partial charge is 0.218 e. The minimum absolute atomic E-state index is 0.177. The van der Waals surface area contributed by atoms with E-state index in [-0.39, 0.29) is 11.6 Å². The van der Waals surface area contributed by atoms with Gasteiger partial charge in [-0.3, -0.25) is 9.59 Å². The number of unbranched alkanes of at least 4 members (excludes halogenated alkanes) is 3. The highest BCUT2D eigenvalue weighted by Gasteiger charge is 2.23. The number of benzene rings is 2. The minimum atomic E-state index is 0.177. The lowest BCUT2D eigenvalue weighted by Gasteiger charge is -2.30. The summed E-state index contributed by atoms with van der Waals surface area (Å²) in [5, 5.41) is 0. The molecule has 0 aliphatic heterocycles. The van der Waals surface area contributed by atoms with E-state index in [1.165, 1.54) is 0 Å². The van der Waals surface area contributed by atoms with Crippen LogP contribution in [0.25, 0.3) is 0 Å². The van der Waals surface area contributed by atoms with Crippen LogP contribution in [0.2, 0.25) is 0 Å². The molecule has 0 N–H and O–H groups in total. The Kier molecular flexibility index (Phi) is 10.3. The summed E-state index contributed by atoms with van der Waals surface area (Å²) in [6.45, 7) is 2.97. The van der Waals surface area contributed by atoms with Gasteiger partial charge in [0.05, 0.1) is 41.3 Å². The summed E-state index contributed by atoms with van der Waals surface area (Å²) in [4.78, 5) is 25.3. The Morgan fingerprint density at radius 2 is 0.969 bits per heavy atom. The molecule has 0 unspecified atom stereocenters. The Balaban J connectivity index is 1.69. The summed E-state index contributed by atoms with van der Waals surface area (Å²) in [5.74, 6) is 0.354. The van der Waals surface area contributed by atoms with Crippen molar-refractivity contribution in [2.75, 3.05) is 54.4 Å². The van der Waals surface area contributed by atoms with Crippen LogP contribution in [0.4, 0.5) is 0 Å². The third-order valence-electron chi connectivity index (χ3n) is 5.77. The summed E-state index contributed by atoms with van der Waals surface area (Å²) in [6.07, 6.45) is 4.48. The first-order valence-electron chi connectivity index (χ1n) is 11.2. The number of hydrogen-bond donors (Lipinski definition) is 0. The number of halogens is 2. The Morgan fingerprint density at radius 3 is 1.31 bits per heavy atom. The van der Waals surface area contributed by atoms with E-state index in [0.717, 1.165) is 58.8 Å². The Labute approximate surface area is 210 Å². The van der Waals surface area contributed by atoms with E-state index in [0.29, 0.717) is 22.1 Å². The SMILES string of the molecule is C[N+](C)(CCCCCC[N+](C)(C)CC(=O)c1ccccc1Br)CC(=O)c1ccccc1Br. The molecule has 0 aliphatic rings. The molecule has 2 rings (SSSR count). The molecule has 4 nitrogen and oxygen atoms in total. The average Bonchev–Trinajstić information content (AvgIpc) is 2.70. The van der Waals surface area contributed by atoms with Crippen molar-refractivity contribution < 1.29 is 18.6 Å². The van der Waals surface area contributed by atoms with Crippen molar-refractivity contribution >= 4 is 43.4 Å². The molecule has 0 fully saturated rings. The van der Waals surface area contributed by atoms with Gasteiger partial charge in [-0.2, -0.15) is 0 Å². The molecule has 0 atom stereocenters. The van der Waals surface area contributed by atoms with Crippen molar-refractivity contribution in [3.63, 3.8) is 0 Å². The van der Waals surface area contributed by atoms with Gasteiger partial charge in [0.15, 0.2) is 0 Å². The third-order valence-corrected chi connectivity index (χ3v) is 7.15. The fraction of sp³-hybridized carbons (Fsp3) is 0.462. The topological polar surface area (TPSA) is 34.1 Å². The van der Waals surface area contributed by atoms with Crippen LogP contribution in [-0.4, -0.2) is 74.9 Å². The number of nitrogens with zero attached hydrogens (tertiary/aromatic N) is 2. The molecule has 0 amide bonds. The summed E-state index contributed by atoms with van der Waals surface area (Å²) in [7, 11) is 8.51. The monoisotopic (exact) mass is 566 g/mol. The summed E-state index contributed by atoms with van der Waals surface area (Å²) in [6, 6.07) is 15.3. The van der Waals surface area contributed by atoms with E-state index in [9.17, 15) is 9.59 Å². The van der Waals surface area contributed by atoms with Gasteiger partial charge in [-0.25, -0.2) is 0 Å². The standard InChI is InChI=1S/C26H36Br2N2O2/c1-29(2,19-25(31)21-13-7-9-15-23(21)27)17-11-5-6-12-18-30(3,4)20-26(32)22-14-8-10-16-24(22)28/h7-10,13-16H,5-6,11-12,17-20H2,1-4H3/q+2. The lowest BCUT2D eigenvalue weighted by atomic mass is 10.1. The van der Waals surface area contributed by atoms with Gasteiger partial charge in [-0.1, -0.05) is 68.3 Å². The number of hydrogen-bond acceptors (Lipinski definition) is 2. The molecule has 174 valence electrons. The highest BCUT2D eigenvalue weighted by molar-refractivity contribution is 9.10. The van der Waals surface area contributed by atoms with Gasteiger partial charge in [-0.05, 0) is 37.8 Å². The van der Waals surface area contributed by atoms with Crippen molar-refractivity contribution in [2.24, 2.45) is 0 Å². The number of carbonyl (C=O) groups is 2. The molecule has 0 saturated carbocycles. The second-order valence-corrected chi connectivity index (χ2v) is 11.6. The zero-order valence-corrected chi connectivity index (χ0v) is 22.9. The van der Waals surface area contributed by atoms with E-state index >= 15 is 0 Å². The summed E-state index contributed by atoms with van der Waals surface area (Å²) in [5.41, 5.74) is 1.52. The Hall–Kier alpha value is -1.34. The maximum absolute atomic E-state index is 12.7. The highest BCUT2D eigenvalue weighted by Crippen LogP contribution is 2.19. The molecular weight excluding hydrogens is 532 g/mol. The van der Waals surface area contributed by atoms with Crippen molar-refractivity contribution in [2.45, 2.75) is 25.7 Å². The first-order chi connectivity index (χ1) is 15.0. The number of rotatable bonds is 13. The fourth-order valence-corrected chi connectivity index (χ4v) is 4.93. The Bertz CT molecular complexity index is 850. The van der Waals surface area contributed by atoms with Crippen molar-refractivity contribution in [3.05, 3.63) is 68.6 Å². The van der Waals surface area contributed by atoms with Crippen LogP contribution in [0.5, 0.6) is 0 Å². The maximum Gasteiger partial charge on any atom is 0.218 e. The number of Topliss-reactive ketones (excluding diaryl/α,β-unsaturated/α-hetero) is 2. The van der Waals surface area contributed by atoms with E-state index in [4.69, 9.17) is 0 Å². The molecule has 0 bridgehead atoms. The van der Waals surface area contributed by atoms with Crippen LogP contribution in [0.3, 0.4) is 0 Å². The largest absolute Gasteiger partial charge is 0.322 e. The number of carbonyl (C=O) groups excluding carboxylic acids is 2. The highest BCUT2D eigenvalue weighted by atomic mass is 79.9. The van der Waals surface area contributed by atoms with Gasteiger partial charge in [0.2, 0.25) is 11.6 Å². The molecule has 0 heterocycles. The lowest BCUT2D eigenvalue weighted by molar-refractivity contribution is -0.882. The predicted octanol–water partition coefficient (Wildman–Crippen LogP) is 5.99. The predicted molar refractivity (Wildman–Crippen MR) is 139 cm³/mol. The van der Waals surface area contributed by atoms with Crippen molar-refractivity contribution in [1.29, 1.82) is 0 Å². The van der Waals surface area contributed by atoms with Crippen LogP contribution >= 0.6 is 31.9 Å². The zero-order valence-electron chi connectivity index (χ0n) is 19.7. The second-order valence-electron chi connectivity index (χ2n) is 9.86. The maximum atomic E-state index is 12.7. The molecule has 0 radical (unpaired) electrons. The van der Waals surface area contributed by atoms with Gasteiger partial charge in [0, 0.05) is 20.1 Å². The van der Waals surface area contributed by atoms with Gasteiger partial charge < -0.3 is 8.97 Å². The molecule has 2 aromatic carbocycles. The Morgan fingerprint density at radius 1 is 0.625 bits per heavy atom. The van der Waals surface area contributed by atoms with Crippen LogP contribution < -0.4 is 0 Å². The van der Waals surface area contributed by atoms with E-state index in [1.807, 2.05) is 48.5 Å². The van der Waals surface area contributed by atoms with E-state index < -0.39 is 0 Å². The van der Waals surface area contributed by atoms with Crippen molar-refractivity contribution in [1.82, 2.24) is 0 Å². The second kappa shape index (κ2) is 12.2. The van der Waals surface area contributed by atoms with Crippen LogP contribution in [0, 0.1) is 0 Å². The molecule has 0 aromatic heterocycles. The lowest BCUT2D eigenvalue weighted by Crippen LogP contribution is -2.45. The van der Waals surface area contributed by atoms with E-state index in [2.05, 4.69) is 60.1 Å². The van der Waals surface area contributed by atoms with Gasteiger partial charge in [0.25, 0.3) is 0 Å². The van der Waals surface area contributed by atoms with Crippen LogP contribution in [0.15, 0.2) is 57.5 Å². The molecular formula is C26H36Br2N2O2+2. The minimum Gasteiger partial charge on any atom is -0.322 e. The number of ketones is 2. The molecule has 6 heteroatoms. The number of likely N-dealkylation sites (N-methyl/N-ethyl adjacent to an activating group) is 2. The quantitative estimate of drug-likeness (QED) is 0.169. The molecule has 0 spiro atoms. The van der Waals surface area contributed by atoms with E-state index in [1.54, 1.807) is 0 Å². The number of quaternary nitrogens is 2. The summed E-state index contributed by atoms with van der Waals surface area (Å²) >= 11 is 6.96. The molecule has 2 aromatic rings. The average molecular weight is 568 g/mol. The molecule has 0 saturated heterocycles. The first kappa shape index (κ1) is 26.9. The van der Waals surface area contributed by atoms with Crippen LogP contribution in [-0.2, 0) is 0 Å². The third kappa shape index (κ3) is 8.89. The molecule has 0 aliphatic carbocycles. The summed E-state index contributed by atoms with van der Waals surface area (Å²) < 4.78 is 3.12. The zero-order chi connectivity index (χ0) is 23.8. The van der Waals surface area contributed by atoms with Crippen molar-refractivity contribution in [3.8, 4) is 0 Å². The van der Waals surface area contributed by atoms with Gasteiger partial charge in [-0.15, -0.1) is 0 Å². The van der Waals surface area contributed by atoms with Gasteiger partial charge >= 0.3 is 0 Å². The van der Waals surface area contributed by atoms with Crippen LogP contribution in [0.1, 0.15) is 46.4 Å². The van der Waals surface area contributed by atoms with Gasteiger partial charge in [0.1, 0.15) is 13.1 Å². The normalized spacial score (nSPS) is 12.1. The molecule has 32 heavy (non-hydrogen) atoms. The fourth-order valence-electron chi connectivity index (χ4n) is 3.91.